The van der Waals surface area contributed by atoms with E-state index >= 15 is 0 Å². The van der Waals surface area contributed by atoms with Crippen LogP contribution >= 0.6 is 0 Å². The monoisotopic (exact) mass is 233 g/mol. The van der Waals surface area contributed by atoms with Gasteiger partial charge in [0.25, 0.3) is 0 Å². The molecule has 0 saturated heterocycles. The average Bonchev–Trinajstić information content (AvgIpc) is 2.31. The first-order chi connectivity index (χ1) is 8.10. The predicted molar refractivity (Wildman–Crippen MR) is 64.1 cm³/mol. The SMILES string of the molecule is CCN(CCC#N)c1ncc(C(=O)O)cc1C. The van der Waals surface area contributed by atoms with Crippen LogP contribution in [0.3, 0.4) is 0 Å². The highest BCUT2D eigenvalue weighted by atomic mass is 16.4. The molecule has 1 aromatic rings. The van der Waals surface area contributed by atoms with Crippen molar-refractivity contribution in [1.82, 2.24) is 4.98 Å². The van der Waals surface area contributed by atoms with Crippen molar-refractivity contribution >= 4 is 11.8 Å². The third-order valence-corrected chi connectivity index (χ3v) is 2.47. The molecule has 5 nitrogen and oxygen atoms in total. The van der Waals surface area contributed by atoms with Gasteiger partial charge in [-0.2, -0.15) is 5.26 Å². The molecule has 0 aliphatic heterocycles. The summed E-state index contributed by atoms with van der Waals surface area (Å²) >= 11 is 0. The van der Waals surface area contributed by atoms with Gasteiger partial charge in [0, 0.05) is 19.3 Å². The maximum atomic E-state index is 10.8. The molecule has 0 atom stereocenters. The molecular formula is C12H15N3O2. The van der Waals surface area contributed by atoms with E-state index in [1.807, 2.05) is 18.7 Å². The first-order valence-corrected chi connectivity index (χ1v) is 5.42. The van der Waals surface area contributed by atoms with Gasteiger partial charge >= 0.3 is 5.97 Å². The van der Waals surface area contributed by atoms with E-state index < -0.39 is 5.97 Å². The molecular weight excluding hydrogens is 218 g/mol. The number of hydrogen-bond acceptors (Lipinski definition) is 4. The first kappa shape index (κ1) is 13.0. The van der Waals surface area contributed by atoms with Crippen LogP contribution in [0.25, 0.3) is 0 Å². The molecule has 1 heterocycles. The summed E-state index contributed by atoms with van der Waals surface area (Å²) < 4.78 is 0. The second kappa shape index (κ2) is 5.85. The van der Waals surface area contributed by atoms with Crippen molar-refractivity contribution in [3.8, 4) is 6.07 Å². The Morgan fingerprint density at radius 1 is 1.65 bits per heavy atom. The third kappa shape index (κ3) is 3.18. The van der Waals surface area contributed by atoms with E-state index in [2.05, 4.69) is 11.1 Å². The lowest BCUT2D eigenvalue weighted by Crippen LogP contribution is -2.25. The molecule has 0 spiro atoms. The van der Waals surface area contributed by atoms with E-state index in [1.54, 1.807) is 6.07 Å². The Morgan fingerprint density at radius 2 is 2.35 bits per heavy atom. The van der Waals surface area contributed by atoms with Gasteiger partial charge < -0.3 is 10.0 Å². The Labute approximate surface area is 100 Å². The highest BCUT2D eigenvalue weighted by Gasteiger charge is 2.11. The minimum atomic E-state index is -0.979. The molecule has 0 fully saturated rings. The molecule has 0 saturated carbocycles. The Hall–Kier alpha value is -2.09. The third-order valence-electron chi connectivity index (χ3n) is 2.47. The van der Waals surface area contributed by atoms with Crippen molar-refractivity contribution in [1.29, 1.82) is 5.26 Å². The minimum absolute atomic E-state index is 0.183. The molecule has 0 unspecified atom stereocenters. The normalized spacial score (nSPS) is 9.71. The van der Waals surface area contributed by atoms with Crippen LogP contribution in [-0.2, 0) is 0 Å². The molecule has 1 aromatic heterocycles. The largest absolute Gasteiger partial charge is 0.478 e. The second-order valence-electron chi connectivity index (χ2n) is 3.66. The van der Waals surface area contributed by atoms with Crippen molar-refractivity contribution in [3.63, 3.8) is 0 Å². The van der Waals surface area contributed by atoms with Crippen molar-refractivity contribution in [3.05, 3.63) is 23.4 Å². The van der Waals surface area contributed by atoms with E-state index in [1.165, 1.54) is 6.20 Å². The molecule has 1 rings (SSSR count). The number of carboxylic acids is 1. The van der Waals surface area contributed by atoms with Gasteiger partial charge in [-0.05, 0) is 25.5 Å². The van der Waals surface area contributed by atoms with Gasteiger partial charge in [-0.1, -0.05) is 0 Å². The molecule has 0 bridgehead atoms. The number of aromatic carboxylic acids is 1. The number of pyridine rings is 1. The predicted octanol–water partition coefficient (Wildman–Crippen LogP) is 1.83. The zero-order valence-corrected chi connectivity index (χ0v) is 9.97. The van der Waals surface area contributed by atoms with Crippen molar-refractivity contribution < 1.29 is 9.90 Å². The minimum Gasteiger partial charge on any atom is -0.478 e. The number of aryl methyl sites for hydroxylation is 1. The summed E-state index contributed by atoms with van der Waals surface area (Å²) in [6.07, 6.45) is 1.77. The van der Waals surface area contributed by atoms with Crippen molar-refractivity contribution in [2.45, 2.75) is 20.3 Å². The van der Waals surface area contributed by atoms with Gasteiger partial charge in [0.1, 0.15) is 5.82 Å². The second-order valence-corrected chi connectivity index (χ2v) is 3.66. The molecule has 90 valence electrons. The molecule has 0 radical (unpaired) electrons. The zero-order valence-electron chi connectivity index (χ0n) is 9.97. The molecule has 5 heteroatoms. The quantitative estimate of drug-likeness (QED) is 0.839. The van der Waals surface area contributed by atoms with Gasteiger partial charge in [-0.15, -0.1) is 0 Å². The average molecular weight is 233 g/mol. The van der Waals surface area contributed by atoms with Crippen LogP contribution in [0, 0.1) is 18.3 Å². The van der Waals surface area contributed by atoms with Crippen molar-refractivity contribution in [2.75, 3.05) is 18.0 Å². The summed E-state index contributed by atoms with van der Waals surface area (Å²) in [5, 5.41) is 17.4. The summed E-state index contributed by atoms with van der Waals surface area (Å²) in [6, 6.07) is 3.68. The molecule has 0 aliphatic carbocycles. The number of carboxylic acid groups (broad SMARTS) is 1. The standard InChI is InChI=1S/C12H15N3O2/c1-3-15(6-4-5-13)11-9(2)7-10(8-14-11)12(16)17/h7-8H,3-4,6H2,1-2H3,(H,16,17). The van der Waals surface area contributed by atoms with Crippen LogP contribution in [-0.4, -0.2) is 29.1 Å². The van der Waals surface area contributed by atoms with E-state index in [4.69, 9.17) is 10.4 Å². The zero-order chi connectivity index (χ0) is 12.8. The molecule has 0 aromatic carbocycles. The lowest BCUT2D eigenvalue weighted by molar-refractivity contribution is 0.0696. The Bertz CT molecular complexity index is 452. The van der Waals surface area contributed by atoms with Gasteiger partial charge in [0.2, 0.25) is 0 Å². The van der Waals surface area contributed by atoms with Crippen LogP contribution in [0.5, 0.6) is 0 Å². The Kier molecular flexibility index (Phi) is 4.46. The summed E-state index contributed by atoms with van der Waals surface area (Å²) in [5.41, 5.74) is 0.993. The number of rotatable bonds is 5. The lowest BCUT2D eigenvalue weighted by Gasteiger charge is -2.22. The van der Waals surface area contributed by atoms with Crippen LogP contribution in [0.2, 0.25) is 0 Å². The summed E-state index contributed by atoms with van der Waals surface area (Å²) in [7, 11) is 0. The van der Waals surface area contributed by atoms with Gasteiger partial charge in [0.15, 0.2) is 0 Å². The molecule has 17 heavy (non-hydrogen) atoms. The smallest absolute Gasteiger partial charge is 0.337 e. The fraction of sp³-hybridized carbons (Fsp3) is 0.417. The van der Waals surface area contributed by atoms with E-state index in [9.17, 15) is 4.79 Å². The number of nitrogens with zero attached hydrogens (tertiary/aromatic N) is 3. The molecule has 0 aliphatic rings. The topological polar surface area (TPSA) is 77.2 Å². The number of anilines is 1. The van der Waals surface area contributed by atoms with Crippen LogP contribution < -0.4 is 4.90 Å². The summed E-state index contributed by atoms with van der Waals surface area (Å²) in [5.74, 6) is -0.236. The first-order valence-electron chi connectivity index (χ1n) is 5.42. The van der Waals surface area contributed by atoms with E-state index in [0.717, 1.165) is 17.9 Å². The number of carbonyl (C=O) groups is 1. The van der Waals surface area contributed by atoms with Gasteiger partial charge in [-0.3, -0.25) is 0 Å². The van der Waals surface area contributed by atoms with Crippen LogP contribution in [0.15, 0.2) is 12.3 Å². The fourth-order valence-electron chi connectivity index (χ4n) is 1.61. The number of hydrogen-bond donors (Lipinski definition) is 1. The van der Waals surface area contributed by atoms with Crippen LogP contribution in [0.4, 0.5) is 5.82 Å². The lowest BCUT2D eigenvalue weighted by atomic mass is 10.2. The van der Waals surface area contributed by atoms with E-state index in [0.29, 0.717) is 13.0 Å². The highest BCUT2D eigenvalue weighted by Crippen LogP contribution is 2.18. The maximum Gasteiger partial charge on any atom is 0.337 e. The maximum absolute atomic E-state index is 10.8. The van der Waals surface area contributed by atoms with E-state index in [-0.39, 0.29) is 5.56 Å². The number of aromatic nitrogens is 1. The molecule has 1 N–H and O–H groups in total. The van der Waals surface area contributed by atoms with Crippen LogP contribution in [0.1, 0.15) is 29.3 Å². The van der Waals surface area contributed by atoms with Gasteiger partial charge in [-0.25, -0.2) is 9.78 Å². The molecule has 0 amide bonds. The fourth-order valence-corrected chi connectivity index (χ4v) is 1.61. The highest BCUT2D eigenvalue weighted by molar-refractivity contribution is 5.87. The number of nitriles is 1. The van der Waals surface area contributed by atoms with Crippen molar-refractivity contribution in [2.24, 2.45) is 0 Å². The summed E-state index contributed by atoms with van der Waals surface area (Å²) in [4.78, 5) is 16.9. The summed E-state index contributed by atoms with van der Waals surface area (Å²) in [6.45, 7) is 5.14. The van der Waals surface area contributed by atoms with Gasteiger partial charge in [0.05, 0.1) is 18.1 Å². The Balaban J connectivity index is 2.97. The Morgan fingerprint density at radius 3 is 2.82 bits per heavy atom.